The highest BCUT2D eigenvalue weighted by atomic mass is 16.5. The van der Waals surface area contributed by atoms with Crippen LogP contribution in [0.4, 0.5) is 0 Å². The first-order chi connectivity index (χ1) is 9.66. The van der Waals surface area contributed by atoms with E-state index in [9.17, 15) is 4.79 Å². The van der Waals surface area contributed by atoms with Crippen molar-refractivity contribution in [1.29, 1.82) is 0 Å². The van der Waals surface area contributed by atoms with Gasteiger partial charge in [-0.05, 0) is 62.9 Å². The molecule has 1 saturated heterocycles. The molecule has 1 spiro atoms. The molecule has 0 N–H and O–H groups in total. The van der Waals surface area contributed by atoms with Gasteiger partial charge in [-0.25, -0.2) is 0 Å². The van der Waals surface area contributed by atoms with Crippen LogP contribution >= 0.6 is 0 Å². The maximum atomic E-state index is 12.3. The van der Waals surface area contributed by atoms with Crippen LogP contribution in [0.2, 0.25) is 0 Å². The quantitative estimate of drug-likeness (QED) is 0.776. The van der Waals surface area contributed by atoms with E-state index in [1.54, 1.807) is 0 Å². The Kier molecular flexibility index (Phi) is 3.55. The van der Waals surface area contributed by atoms with Crippen molar-refractivity contribution < 1.29 is 9.53 Å². The number of rotatable bonds is 2. The van der Waals surface area contributed by atoms with Gasteiger partial charge >= 0.3 is 5.97 Å². The van der Waals surface area contributed by atoms with Gasteiger partial charge in [-0.15, -0.1) is 0 Å². The number of piperidine rings is 1. The molecule has 1 heterocycles. The van der Waals surface area contributed by atoms with Crippen LogP contribution in [0.3, 0.4) is 0 Å². The average Bonchev–Trinajstić information content (AvgIpc) is 2.78. The minimum absolute atomic E-state index is 0.0456. The molecule has 108 valence electrons. The summed E-state index contributed by atoms with van der Waals surface area (Å²) in [7, 11) is 2.18. The fraction of sp³-hybridized carbons (Fsp3) is 0.588. The summed E-state index contributed by atoms with van der Waals surface area (Å²) in [5.41, 5.74) is 2.79. The molecule has 1 aromatic rings. The Labute approximate surface area is 120 Å². The SMILES string of the molecule is CCOC(=O)C1CC2(CCN(C)CC2)c2ccccc21. The van der Waals surface area contributed by atoms with E-state index in [4.69, 9.17) is 4.74 Å². The first kappa shape index (κ1) is 13.6. The van der Waals surface area contributed by atoms with Crippen LogP contribution in [0.25, 0.3) is 0 Å². The Morgan fingerprint density at radius 1 is 1.35 bits per heavy atom. The predicted octanol–water partition coefficient (Wildman–Crippen LogP) is 2.70. The molecule has 1 fully saturated rings. The van der Waals surface area contributed by atoms with Crippen LogP contribution in [0.1, 0.15) is 43.2 Å². The second kappa shape index (κ2) is 5.21. The largest absolute Gasteiger partial charge is 0.466 e. The Bertz CT molecular complexity index is 503. The molecule has 1 aliphatic carbocycles. The standard InChI is InChI=1S/C17H23NO2/c1-3-20-16(19)14-12-17(8-10-18(2)11-9-17)15-7-5-4-6-13(14)15/h4-7,14H,3,8-12H2,1-2H3. The van der Waals surface area contributed by atoms with Crippen LogP contribution < -0.4 is 0 Å². The van der Waals surface area contributed by atoms with Gasteiger partial charge in [-0.1, -0.05) is 24.3 Å². The lowest BCUT2D eigenvalue weighted by molar-refractivity contribution is -0.145. The van der Waals surface area contributed by atoms with Gasteiger partial charge in [0.05, 0.1) is 12.5 Å². The molecule has 1 unspecified atom stereocenters. The topological polar surface area (TPSA) is 29.5 Å². The first-order valence-electron chi connectivity index (χ1n) is 7.61. The van der Waals surface area contributed by atoms with E-state index in [1.807, 2.05) is 13.0 Å². The molecule has 0 amide bonds. The summed E-state index contributed by atoms with van der Waals surface area (Å²) in [4.78, 5) is 14.6. The van der Waals surface area contributed by atoms with Crippen LogP contribution in [0.15, 0.2) is 24.3 Å². The minimum atomic E-state index is -0.0606. The molecule has 1 atom stereocenters. The van der Waals surface area contributed by atoms with Crippen molar-refractivity contribution in [2.75, 3.05) is 26.7 Å². The van der Waals surface area contributed by atoms with Crippen LogP contribution in [-0.2, 0) is 14.9 Å². The lowest BCUT2D eigenvalue weighted by Crippen LogP contribution is -2.39. The number of benzene rings is 1. The van der Waals surface area contributed by atoms with Crippen molar-refractivity contribution >= 4 is 5.97 Å². The highest BCUT2D eigenvalue weighted by Gasteiger charge is 2.47. The third kappa shape index (κ3) is 2.14. The van der Waals surface area contributed by atoms with E-state index in [1.165, 1.54) is 11.1 Å². The highest BCUT2D eigenvalue weighted by molar-refractivity contribution is 5.80. The van der Waals surface area contributed by atoms with E-state index < -0.39 is 0 Å². The molecular weight excluding hydrogens is 250 g/mol. The molecule has 0 radical (unpaired) electrons. The van der Waals surface area contributed by atoms with Gasteiger partial charge in [0, 0.05) is 0 Å². The van der Waals surface area contributed by atoms with Crippen molar-refractivity contribution in [2.24, 2.45) is 0 Å². The van der Waals surface area contributed by atoms with Gasteiger partial charge in [-0.2, -0.15) is 0 Å². The number of nitrogens with zero attached hydrogens (tertiary/aromatic N) is 1. The summed E-state index contributed by atoms with van der Waals surface area (Å²) >= 11 is 0. The third-order valence-corrected chi connectivity index (χ3v) is 5.02. The molecule has 2 aliphatic rings. The number of likely N-dealkylation sites (tertiary alicyclic amines) is 1. The van der Waals surface area contributed by atoms with Gasteiger partial charge in [0.2, 0.25) is 0 Å². The van der Waals surface area contributed by atoms with E-state index >= 15 is 0 Å². The molecule has 0 bridgehead atoms. The van der Waals surface area contributed by atoms with Crippen molar-refractivity contribution in [1.82, 2.24) is 4.90 Å². The summed E-state index contributed by atoms with van der Waals surface area (Å²) in [6, 6.07) is 8.48. The van der Waals surface area contributed by atoms with Gasteiger partial charge in [0.1, 0.15) is 0 Å². The van der Waals surface area contributed by atoms with Gasteiger partial charge < -0.3 is 9.64 Å². The van der Waals surface area contributed by atoms with Crippen LogP contribution in [-0.4, -0.2) is 37.6 Å². The number of ether oxygens (including phenoxy) is 1. The molecule has 3 nitrogen and oxygen atoms in total. The smallest absolute Gasteiger partial charge is 0.313 e. The number of carbonyl (C=O) groups excluding carboxylic acids is 1. The van der Waals surface area contributed by atoms with E-state index in [0.717, 1.165) is 32.4 Å². The number of hydrogen-bond acceptors (Lipinski definition) is 3. The predicted molar refractivity (Wildman–Crippen MR) is 78.8 cm³/mol. The van der Waals surface area contributed by atoms with Crippen molar-refractivity contribution in [3.8, 4) is 0 Å². The Balaban J connectivity index is 1.94. The van der Waals surface area contributed by atoms with Crippen LogP contribution in [0.5, 0.6) is 0 Å². The van der Waals surface area contributed by atoms with Crippen LogP contribution in [0, 0.1) is 0 Å². The lowest BCUT2D eigenvalue weighted by atomic mass is 9.73. The summed E-state index contributed by atoms with van der Waals surface area (Å²) in [5.74, 6) is -0.106. The molecule has 3 heteroatoms. The Hall–Kier alpha value is -1.35. The average molecular weight is 273 g/mol. The summed E-state index contributed by atoms with van der Waals surface area (Å²) in [6.07, 6.45) is 3.23. The zero-order chi connectivity index (χ0) is 14.2. The monoisotopic (exact) mass is 273 g/mol. The Morgan fingerprint density at radius 3 is 2.75 bits per heavy atom. The molecule has 0 saturated carbocycles. The fourth-order valence-electron chi connectivity index (χ4n) is 3.87. The minimum Gasteiger partial charge on any atom is -0.466 e. The van der Waals surface area contributed by atoms with Crippen molar-refractivity contribution in [2.45, 2.75) is 37.5 Å². The van der Waals surface area contributed by atoms with Gasteiger partial charge in [0.15, 0.2) is 0 Å². The number of esters is 1. The normalized spacial score (nSPS) is 24.6. The maximum absolute atomic E-state index is 12.3. The lowest BCUT2D eigenvalue weighted by Gasteiger charge is -2.38. The van der Waals surface area contributed by atoms with Gasteiger partial charge in [-0.3, -0.25) is 4.79 Å². The Morgan fingerprint density at radius 2 is 2.05 bits per heavy atom. The summed E-state index contributed by atoms with van der Waals surface area (Å²) in [5, 5.41) is 0. The zero-order valence-corrected chi connectivity index (χ0v) is 12.4. The molecule has 3 rings (SSSR count). The van der Waals surface area contributed by atoms with Gasteiger partial charge in [0.25, 0.3) is 0 Å². The zero-order valence-electron chi connectivity index (χ0n) is 12.4. The number of hydrogen-bond donors (Lipinski definition) is 0. The molecule has 20 heavy (non-hydrogen) atoms. The van der Waals surface area contributed by atoms with E-state index in [-0.39, 0.29) is 17.3 Å². The van der Waals surface area contributed by atoms with E-state index in [2.05, 4.69) is 30.1 Å². The van der Waals surface area contributed by atoms with Crippen molar-refractivity contribution in [3.05, 3.63) is 35.4 Å². The molecule has 1 aliphatic heterocycles. The summed E-state index contributed by atoms with van der Waals surface area (Å²) in [6.45, 7) is 4.57. The van der Waals surface area contributed by atoms with Crippen molar-refractivity contribution in [3.63, 3.8) is 0 Å². The molecular formula is C17H23NO2. The number of carbonyl (C=O) groups is 1. The molecule has 0 aromatic heterocycles. The fourth-order valence-corrected chi connectivity index (χ4v) is 3.87. The third-order valence-electron chi connectivity index (χ3n) is 5.02. The summed E-state index contributed by atoms with van der Waals surface area (Å²) < 4.78 is 5.29. The first-order valence-corrected chi connectivity index (χ1v) is 7.61. The maximum Gasteiger partial charge on any atom is 0.313 e. The number of fused-ring (bicyclic) bond motifs is 2. The molecule has 1 aromatic carbocycles. The second-order valence-corrected chi connectivity index (χ2v) is 6.18. The highest BCUT2D eigenvalue weighted by Crippen LogP contribution is 2.51. The van der Waals surface area contributed by atoms with E-state index in [0.29, 0.717) is 6.61 Å². The second-order valence-electron chi connectivity index (χ2n) is 6.18.